The van der Waals surface area contributed by atoms with Crippen molar-refractivity contribution in [2.24, 2.45) is 7.05 Å². The van der Waals surface area contributed by atoms with E-state index < -0.39 is 0 Å². The molecule has 0 aliphatic carbocycles. The standard InChI is InChI=1S/C17H21N3/c1-12-5-6-13(2)17(7-12)14(3)19-10-15-8-16(9-18)20(4)11-15/h5-8,11,14,19H,10H2,1-4H3. The summed E-state index contributed by atoms with van der Waals surface area (Å²) >= 11 is 0. The molecule has 104 valence electrons. The molecule has 1 aromatic heterocycles. The molecule has 2 rings (SSSR count). The highest BCUT2D eigenvalue weighted by Crippen LogP contribution is 2.19. The van der Waals surface area contributed by atoms with Crippen LogP contribution in [0.4, 0.5) is 0 Å². The van der Waals surface area contributed by atoms with E-state index in [0.717, 1.165) is 12.1 Å². The Morgan fingerprint density at radius 1 is 1.30 bits per heavy atom. The summed E-state index contributed by atoms with van der Waals surface area (Å²) in [4.78, 5) is 0. The quantitative estimate of drug-likeness (QED) is 0.922. The summed E-state index contributed by atoms with van der Waals surface area (Å²) in [6, 6.07) is 11.0. The molecule has 0 spiro atoms. The van der Waals surface area contributed by atoms with Gasteiger partial charge < -0.3 is 9.88 Å². The summed E-state index contributed by atoms with van der Waals surface area (Å²) in [6.07, 6.45) is 2.00. The van der Waals surface area contributed by atoms with Crippen molar-refractivity contribution in [2.75, 3.05) is 0 Å². The molecule has 0 saturated heterocycles. The number of benzene rings is 1. The van der Waals surface area contributed by atoms with E-state index in [1.807, 2.05) is 23.9 Å². The maximum absolute atomic E-state index is 8.96. The molecule has 1 unspecified atom stereocenters. The molecule has 1 atom stereocenters. The molecule has 0 aliphatic rings. The Morgan fingerprint density at radius 3 is 2.70 bits per heavy atom. The van der Waals surface area contributed by atoms with Gasteiger partial charge in [-0.3, -0.25) is 0 Å². The molecule has 0 amide bonds. The van der Waals surface area contributed by atoms with Crippen molar-refractivity contribution < 1.29 is 0 Å². The van der Waals surface area contributed by atoms with Gasteiger partial charge in [0.2, 0.25) is 0 Å². The lowest BCUT2D eigenvalue weighted by molar-refractivity contribution is 0.571. The van der Waals surface area contributed by atoms with Crippen molar-refractivity contribution in [3.05, 3.63) is 58.4 Å². The predicted molar refractivity (Wildman–Crippen MR) is 81.3 cm³/mol. The second-order valence-electron chi connectivity index (χ2n) is 5.42. The minimum absolute atomic E-state index is 0.292. The number of nitriles is 1. The largest absolute Gasteiger partial charge is 0.342 e. The zero-order valence-corrected chi connectivity index (χ0v) is 12.6. The molecular formula is C17H21N3. The third-order valence-electron chi connectivity index (χ3n) is 3.69. The fraction of sp³-hybridized carbons (Fsp3) is 0.353. The monoisotopic (exact) mass is 267 g/mol. The smallest absolute Gasteiger partial charge is 0.120 e. The first-order valence-electron chi connectivity index (χ1n) is 6.87. The molecule has 20 heavy (non-hydrogen) atoms. The highest BCUT2D eigenvalue weighted by Gasteiger charge is 2.09. The molecule has 0 saturated carbocycles. The first kappa shape index (κ1) is 14.4. The van der Waals surface area contributed by atoms with Crippen LogP contribution in [0.2, 0.25) is 0 Å². The van der Waals surface area contributed by atoms with Gasteiger partial charge in [-0.2, -0.15) is 5.26 Å². The van der Waals surface area contributed by atoms with Gasteiger partial charge in [-0.1, -0.05) is 23.8 Å². The Balaban J connectivity index is 2.06. The molecule has 3 nitrogen and oxygen atoms in total. The van der Waals surface area contributed by atoms with E-state index in [1.54, 1.807) is 0 Å². The van der Waals surface area contributed by atoms with E-state index in [2.05, 4.69) is 50.4 Å². The van der Waals surface area contributed by atoms with Gasteiger partial charge in [0.25, 0.3) is 0 Å². The number of nitrogens with one attached hydrogen (secondary N) is 1. The first-order valence-corrected chi connectivity index (χ1v) is 6.87. The summed E-state index contributed by atoms with van der Waals surface area (Å²) in [5, 5.41) is 12.5. The van der Waals surface area contributed by atoms with E-state index in [-0.39, 0.29) is 0 Å². The summed E-state index contributed by atoms with van der Waals surface area (Å²) in [5.41, 5.74) is 5.76. The van der Waals surface area contributed by atoms with Crippen LogP contribution in [-0.2, 0) is 13.6 Å². The molecule has 0 fully saturated rings. The highest BCUT2D eigenvalue weighted by molar-refractivity contribution is 5.33. The first-order chi connectivity index (χ1) is 9.51. The van der Waals surface area contributed by atoms with Gasteiger partial charge in [-0.15, -0.1) is 0 Å². The summed E-state index contributed by atoms with van der Waals surface area (Å²) in [7, 11) is 1.90. The highest BCUT2D eigenvalue weighted by atomic mass is 14.9. The van der Waals surface area contributed by atoms with E-state index in [9.17, 15) is 0 Å². The van der Waals surface area contributed by atoms with Crippen LogP contribution in [0.1, 0.15) is 40.9 Å². The Hall–Kier alpha value is -2.05. The predicted octanol–water partition coefficient (Wildman–Crippen LogP) is 3.36. The minimum atomic E-state index is 0.292. The van der Waals surface area contributed by atoms with Crippen molar-refractivity contribution in [3.8, 4) is 6.07 Å². The molecule has 0 radical (unpaired) electrons. The zero-order chi connectivity index (χ0) is 14.7. The van der Waals surface area contributed by atoms with Crippen LogP contribution in [0, 0.1) is 25.2 Å². The van der Waals surface area contributed by atoms with Gasteiger partial charge in [0.1, 0.15) is 11.8 Å². The Labute approximate surface area is 120 Å². The zero-order valence-electron chi connectivity index (χ0n) is 12.6. The van der Waals surface area contributed by atoms with Crippen LogP contribution >= 0.6 is 0 Å². The van der Waals surface area contributed by atoms with Gasteiger partial charge in [0, 0.05) is 25.8 Å². The molecule has 1 heterocycles. The number of aryl methyl sites for hydroxylation is 3. The van der Waals surface area contributed by atoms with Crippen LogP contribution in [0.15, 0.2) is 30.5 Å². The number of hydrogen-bond donors (Lipinski definition) is 1. The van der Waals surface area contributed by atoms with Crippen LogP contribution in [0.25, 0.3) is 0 Å². The maximum atomic E-state index is 8.96. The molecule has 2 aromatic rings. The topological polar surface area (TPSA) is 40.8 Å². The van der Waals surface area contributed by atoms with Crippen molar-refractivity contribution in [1.29, 1.82) is 5.26 Å². The molecule has 0 bridgehead atoms. The SMILES string of the molecule is Cc1ccc(C)c(C(C)NCc2cc(C#N)n(C)c2)c1. The lowest BCUT2D eigenvalue weighted by Crippen LogP contribution is -2.18. The second-order valence-corrected chi connectivity index (χ2v) is 5.42. The van der Waals surface area contributed by atoms with Crippen LogP contribution in [-0.4, -0.2) is 4.57 Å². The Kier molecular flexibility index (Phi) is 4.26. The lowest BCUT2D eigenvalue weighted by Gasteiger charge is -2.17. The van der Waals surface area contributed by atoms with Gasteiger partial charge in [-0.05, 0) is 43.5 Å². The van der Waals surface area contributed by atoms with Crippen LogP contribution in [0.5, 0.6) is 0 Å². The fourth-order valence-electron chi connectivity index (χ4n) is 2.45. The normalized spacial score (nSPS) is 12.2. The van der Waals surface area contributed by atoms with Gasteiger partial charge >= 0.3 is 0 Å². The summed E-state index contributed by atoms with van der Waals surface area (Å²) < 4.78 is 1.86. The second kappa shape index (κ2) is 5.94. The Bertz CT molecular complexity index is 647. The maximum Gasteiger partial charge on any atom is 0.120 e. The lowest BCUT2D eigenvalue weighted by atomic mass is 10.00. The molecule has 1 N–H and O–H groups in total. The Morgan fingerprint density at radius 2 is 2.05 bits per heavy atom. The summed E-state index contributed by atoms with van der Waals surface area (Å²) in [5.74, 6) is 0. The third kappa shape index (κ3) is 3.09. The van der Waals surface area contributed by atoms with Gasteiger partial charge in [-0.25, -0.2) is 0 Å². The number of rotatable bonds is 4. The number of hydrogen-bond acceptors (Lipinski definition) is 2. The number of aromatic nitrogens is 1. The van der Waals surface area contributed by atoms with Crippen LogP contribution < -0.4 is 5.32 Å². The molecule has 3 heteroatoms. The van der Waals surface area contributed by atoms with Crippen molar-refractivity contribution in [2.45, 2.75) is 33.4 Å². The van der Waals surface area contributed by atoms with E-state index in [0.29, 0.717) is 11.7 Å². The van der Waals surface area contributed by atoms with Crippen molar-refractivity contribution in [3.63, 3.8) is 0 Å². The fourth-order valence-corrected chi connectivity index (χ4v) is 2.45. The molecular weight excluding hydrogens is 246 g/mol. The number of nitrogens with zero attached hydrogens (tertiary/aromatic N) is 2. The van der Waals surface area contributed by atoms with Crippen LogP contribution in [0.3, 0.4) is 0 Å². The van der Waals surface area contributed by atoms with Gasteiger partial charge in [0.15, 0.2) is 0 Å². The van der Waals surface area contributed by atoms with E-state index in [1.165, 1.54) is 16.7 Å². The third-order valence-corrected chi connectivity index (χ3v) is 3.69. The molecule has 1 aromatic carbocycles. The average molecular weight is 267 g/mol. The van der Waals surface area contributed by atoms with Gasteiger partial charge in [0.05, 0.1) is 0 Å². The van der Waals surface area contributed by atoms with E-state index >= 15 is 0 Å². The molecule has 0 aliphatic heterocycles. The van der Waals surface area contributed by atoms with Crippen molar-refractivity contribution >= 4 is 0 Å². The van der Waals surface area contributed by atoms with Crippen molar-refractivity contribution in [1.82, 2.24) is 9.88 Å². The summed E-state index contributed by atoms with van der Waals surface area (Å²) in [6.45, 7) is 7.20. The average Bonchev–Trinajstić information content (AvgIpc) is 2.79. The minimum Gasteiger partial charge on any atom is -0.342 e. The van der Waals surface area contributed by atoms with E-state index in [4.69, 9.17) is 5.26 Å².